The van der Waals surface area contributed by atoms with E-state index in [1.54, 1.807) is 24.3 Å². The van der Waals surface area contributed by atoms with Gasteiger partial charge in [-0.25, -0.2) is 13.1 Å². The lowest BCUT2D eigenvalue weighted by Crippen LogP contribution is -2.41. The highest BCUT2D eigenvalue weighted by atomic mass is 32.2. The zero-order valence-electron chi connectivity index (χ0n) is 11.2. The topological polar surface area (TPSA) is 90.2 Å². The highest BCUT2D eigenvalue weighted by Gasteiger charge is 2.32. The van der Waals surface area contributed by atoms with Crippen molar-refractivity contribution in [3.63, 3.8) is 0 Å². The molecule has 20 heavy (non-hydrogen) atoms. The van der Waals surface area contributed by atoms with Gasteiger partial charge in [0.25, 0.3) is 0 Å². The number of sulfonamides is 1. The van der Waals surface area contributed by atoms with Gasteiger partial charge in [-0.1, -0.05) is 25.0 Å². The predicted molar refractivity (Wildman–Crippen MR) is 75.2 cm³/mol. The molecule has 1 aliphatic rings. The molecule has 2 N–H and O–H groups in total. The molecule has 108 valence electrons. The zero-order chi connectivity index (χ0) is 14.6. The van der Waals surface area contributed by atoms with E-state index in [1.807, 2.05) is 6.07 Å². The van der Waals surface area contributed by atoms with Crippen molar-refractivity contribution >= 4 is 10.0 Å². The van der Waals surface area contributed by atoms with Crippen LogP contribution in [0, 0.1) is 11.3 Å². The standard InChI is InChI=1S/C14H18N2O3S/c15-9-12-3-5-13(6-4-12)10-20(18,19)16-11-14(17)7-1-2-8-14/h3-6,16-17H,1-2,7-8,10-11H2. The third-order valence-electron chi connectivity index (χ3n) is 3.60. The van der Waals surface area contributed by atoms with Gasteiger partial charge in [0.05, 0.1) is 23.0 Å². The molecule has 0 atom stereocenters. The number of hydrogen-bond acceptors (Lipinski definition) is 4. The average Bonchev–Trinajstić information content (AvgIpc) is 2.85. The molecule has 1 aromatic carbocycles. The second-order valence-electron chi connectivity index (χ2n) is 5.32. The van der Waals surface area contributed by atoms with Gasteiger partial charge in [-0.3, -0.25) is 0 Å². The fourth-order valence-electron chi connectivity index (χ4n) is 2.40. The lowest BCUT2D eigenvalue weighted by molar-refractivity contribution is 0.0531. The molecule has 0 aromatic heterocycles. The van der Waals surface area contributed by atoms with Gasteiger partial charge in [-0.2, -0.15) is 5.26 Å². The van der Waals surface area contributed by atoms with Crippen LogP contribution < -0.4 is 4.72 Å². The van der Waals surface area contributed by atoms with E-state index < -0.39 is 15.6 Å². The van der Waals surface area contributed by atoms with E-state index in [0.29, 0.717) is 24.0 Å². The lowest BCUT2D eigenvalue weighted by atomic mass is 10.0. The van der Waals surface area contributed by atoms with Crippen LogP contribution in [0.2, 0.25) is 0 Å². The Hall–Kier alpha value is -1.42. The van der Waals surface area contributed by atoms with Crippen LogP contribution in [-0.2, 0) is 15.8 Å². The van der Waals surface area contributed by atoms with E-state index in [0.717, 1.165) is 12.8 Å². The quantitative estimate of drug-likeness (QED) is 0.856. The van der Waals surface area contributed by atoms with E-state index in [9.17, 15) is 13.5 Å². The van der Waals surface area contributed by atoms with Crippen molar-refractivity contribution in [1.29, 1.82) is 5.26 Å². The summed E-state index contributed by atoms with van der Waals surface area (Å²) in [6, 6.07) is 8.43. The number of nitriles is 1. The summed E-state index contributed by atoms with van der Waals surface area (Å²) in [6.45, 7) is 0.0750. The first kappa shape index (κ1) is 15.0. The molecule has 0 unspecified atom stereocenters. The molecule has 1 aromatic rings. The maximum atomic E-state index is 12.0. The van der Waals surface area contributed by atoms with Gasteiger partial charge in [0.1, 0.15) is 0 Å². The normalized spacial score (nSPS) is 17.8. The van der Waals surface area contributed by atoms with E-state index in [-0.39, 0.29) is 12.3 Å². The molecule has 0 heterocycles. The Morgan fingerprint density at radius 3 is 2.40 bits per heavy atom. The van der Waals surface area contributed by atoms with E-state index in [1.165, 1.54) is 0 Å². The summed E-state index contributed by atoms with van der Waals surface area (Å²) in [6.07, 6.45) is 3.17. The summed E-state index contributed by atoms with van der Waals surface area (Å²) in [7, 11) is -3.47. The Morgan fingerprint density at radius 2 is 1.85 bits per heavy atom. The molecule has 2 rings (SSSR count). The van der Waals surface area contributed by atoms with Gasteiger partial charge in [0.15, 0.2) is 0 Å². The molecule has 0 amide bonds. The molecule has 6 heteroatoms. The largest absolute Gasteiger partial charge is 0.389 e. The van der Waals surface area contributed by atoms with Gasteiger partial charge >= 0.3 is 0 Å². The van der Waals surface area contributed by atoms with Crippen LogP contribution in [0.1, 0.15) is 36.8 Å². The molecule has 0 saturated heterocycles. The second kappa shape index (κ2) is 5.92. The Kier molecular flexibility index (Phi) is 4.43. The van der Waals surface area contributed by atoms with Crippen molar-refractivity contribution in [2.45, 2.75) is 37.0 Å². The monoisotopic (exact) mass is 294 g/mol. The summed E-state index contributed by atoms with van der Waals surface area (Å²) < 4.78 is 26.4. The third-order valence-corrected chi connectivity index (χ3v) is 4.89. The van der Waals surface area contributed by atoms with Crippen molar-refractivity contribution in [1.82, 2.24) is 4.72 Å². The number of nitrogens with zero attached hydrogens (tertiary/aromatic N) is 1. The molecular weight excluding hydrogens is 276 g/mol. The summed E-state index contributed by atoms with van der Waals surface area (Å²) >= 11 is 0. The first-order valence-electron chi connectivity index (χ1n) is 6.61. The first-order valence-corrected chi connectivity index (χ1v) is 8.26. The minimum atomic E-state index is -3.47. The van der Waals surface area contributed by atoms with E-state index >= 15 is 0 Å². The summed E-state index contributed by atoms with van der Waals surface area (Å²) in [5.74, 6) is -0.144. The van der Waals surface area contributed by atoms with Crippen LogP contribution in [0.3, 0.4) is 0 Å². The predicted octanol–water partition coefficient (Wildman–Crippen LogP) is 1.28. The molecule has 0 spiro atoms. The summed E-state index contributed by atoms with van der Waals surface area (Å²) in [5, 5.41) is 18.8. The maximum Gasteiger partial charge on any atom is 0.215 e. The molecule has 0 bridgehead atoms. The van der Waals surface area contributed by atoms with Gasteiger partial charge in [-0.15, -0.1) is 0 Å². The highest BCUT2D eigenvalue weighted by molar-refractivity contribution is 7.88. The molecule has 1 fully saturated rings. The fraction of sp³-hybridized carbons (Fsp3) is 0.500. The Balaban J connectivity index is 1.94. The minimum absolute atomic E-state index is 0.0750. The molecule has 0 aliphatic heterocycles. The Morgan fingerprint density at radius 1 is 1.25 bits per heavy atom. The smallest absolute Gasteiger partial charge is 0.215 e. The fourth-order valence-corrected chi connectivity index (χ4v) is 3.62. The number of hydrogen-bond donors (Lipinski definition) is 2. The molecule has 5 nitrogen and oxygen atoms in total. The Bertz CT molecular complexity index is 596. The van der Waals surface area contributed by atoms with Crippen LogP contribution in [-0.4, -0.2) is 25.7 Å². The van der Waals surface area contributed by atoms with Crippen LogP contribution in [0.4, 0.5) is 0 Å². The lowest BCUT2D eigenvalue weighted by Gasteiger charge is -2.22. The second-order valence-corrected chi connectivity index (χ2v) is 7.13. The van der Waals surface area contributed by atoms with Gasteiger partial charge in [0, 0.05) is 6.54 Å². The van der Waals surface area contributed by atoms with E-state index in [2.05, 4.69) is 4.72 Å². The molecule has 1 saturated carbocycles. The number of benzene rings is 1. The van der Waals surface area contributed by atoms with Gasteiger partial charge in [-0.05, 0) is 30.5 Å². The minimum Gasteiger partial charge on any atom is -0.389 e. The van der Waals surface area contributed by atoms with Crippen LogP contribution in [0.15, 0.2) is 24.3 Å². The van der Waals surface area contributed by atoms with Crippen LogP contribution in [0.25, 0.3) is 0 Å². The summed E-state index contributed by atoms with van der Waals surface area (Å²) in [5.41, 5.74) is 0.229. The first-order chi connectivity index (χ1) is 9.42. The molecule has 0 radical (unpaired) electrons. The molecule has 1 aliphatic carbocycles. The van der Waals surface area contributed by atoms with Crippen molar-refractivity contribution in [2.24, 2.45) is 0 Å². The van der Waals surface area contributed by atoms with Crippen molar-refractivity contribution in [2.75, 3.05) is 6.54 Å². The van der Waals surface area contributed by atoms with Crippen molar-refractivity contribution in [3.05, 3.63) is 35.4 Å². The number of nitrogens with one attached hydrogen (secondary N) is 1. The van der Waals surface area contributed by atoms with E-state index in [4.69, 9.17) is 5.26 Å². The highest BCUT2D eigenvalue weighted by Crippen LogP contribution is 2.28. The number of aliphatic hydroxyl groups is 1. The van der Waals surface area contributed by atoms with Gasteiger partial charge in [0.2, 0.25) is 10.0 Å². The van der Waals surface area contributed by atoms with Crippen LogP contribution >= 0.6 is 0 Å². The van der Waals surface area contributed by atoms with Gasteiger partial charge < -0.3 is 5.11 Å². The number of rotatable bonds is 5. The van der Waals surface area contributed by atoms with Crippen molar-refractivity contribution in [3.8, 4) is 6.07 Å². The maximum absolute atomic E-state index is 12.0. The SMILES string of the molecule is N#Cc1ccc(CS(=O)(=O)NCC2(O)CCCC2)cc1. The molecular formula is C14H18N2O3S. The zero-order valence-corrected chi connectivity index (χ0v) is 12.0. The summed E-state index contributed by atoms with van der Waals surface area (Å²) in [4.78, 5) is 0. The van der Waals surface area contributed by atoms with Crippen LogP contribution in [0.5, 0.6) is 0 Å². The average molecular weight is 294 g/mol. The third kappa shape index (κ3) is 4.04. The Labute approximate surface area is 119 Å². The van der Waals surface area contributed by atoms with Crippen molar-refractivity contribution < 1.29 is 13.5 Å².